The monoisotopic (exact) mass is 293 g/mol. The number of benzene rings is 1. The molecular weight excluding hydrogens is 279 g/mol. The number of hydrogen-bond donors (Lipinski definition) is 1. The Morgan fingerprint density at radius 1 is 1.37 bits per heavy atom. The van der Waals surface area contributed by atoms with Gasteiger partial charge >= 0.3 is 6.18 Å². The average Bonchev–Trinajstić information content (AvgIpc) is 2.72. The van der Waals surface area contributed by atoms with Gasteiger partial charge in [0, 0.05) is 17.3 Å². The predicted molar refractivity (Wildman–Crippen MR) is 68.5 cm³/mol. The zero-order valence-electron chi connectivity index (χ0n) is 10.4. The molecule has 106 valence electrons. The molecule has 1 N–H and O–H groups in total. The molecule has 0 amide bonds. The fourth-order valence-electron chi connectivity index (χ4n) is 2.16. The molecule has 1 aliphatic heterocycles. The van der Waals surface area contributed by atoms with E-state index in [-0.39, 0.29) is 22.9 Å². The van der Waals surface area contributed by atoms with Crippen LogP contribution in [0.3, 0.4) is 0 Å². The Bertz CT molecular complexity index is 450. The number of anilines is 1. The maximum absolute atomic E-state index is 12.9. The molecule has 1 aliphatic rings. The van der Waals surface area contributed by atoms with Gasteiger partial charge in [0.05, 0.1) is 17.8 Å². The van der Waals surface area contributed by atoms with E-state index in [0.717, 1.165) is 18.9 Å². The van der Waals surface area contributed by atoms with Crippen molar-refractivity contribution in [2.75, 3.05) is 11.9 Å². The first-order chi connectivity index (χ1) is 8.86. The SMILES string of the molecule is CC1CCC(CNc2ccc(Cl)cc2C(F)(F)F)O1. The first-order valence-corrected chi connectivity index (χ1v) is 6.50. The van der Waals surface area contributed by atoms with Gasteiger partial charge in [-0.1, -0.05) is 11.6 Å². The van der Waals surface area contributed by atoms with Crippen molar-refractivity contribution in [3.8, 4) is 0 Å². The highest BCUT2D eigenvalue weighted by Gasteiger charge is 2.34. The number of ether oxygens (including phenoxy) is 1. The van der Waals surface area contributed by atoms with Crippen LogP contribution in [0.2, 0.25) is 5.02 Å². The van der Waals surface area contributed by atoms with Crippen molar-refractivity contribution in [3.63, 3.8) is 0 Å². The highest BCUT2D eigenvalue weighted by atomic mass is 35.5. The summed E-state index contributed by atoms with van der Waals surface area (Å²) >= 11 is 5.62. The number of alkyl halides is 3. The molecule has 1 saturated heterocycles. The fourth-order valence-corrected chi connectivity index (χ4v) is 2.34. The van der Waals surface area contributed by atoms with Crippen molar-refractivity contribution in [1.29, 1.82) is 0 Å². The second kappa shape index (κ2) is 5.59. The largest absolute Gasteiger partial charge is 0.418 e. The first kappa shape index (κ1) is 14.5. The fraction of sp³-hybridized carbons (Fsp3) is 0.538. The summed E-state index contributed by atoms with van der Waals surface area (Å²) in [6.07, 6.45) is -2.47. The van der Waals surface area contributed by atoms with Gasteiger partial charge in [-0.25, -0.2) is 0 Å². The number of hydrogen-bond acceptors (Lipinski definition) is 2. The molecule has 0 spiro atoms. The molecule has 1 heterocycles. The molecule has 2 nitrogen and oxygen atoms in total. The smallest absolute Gasteiger partial charge is 0.382 e. The van der Waals surface area contributed by atoms with Crippen molar-refractivity contribution in [3.05, 3.63) is 28.8 Å². The van der Waals surface area contributed by atoms with Gasteiger partial charge in [-0.2, -0.15) is 13.2 Å². The lowest BCUT2D eigenvalue weighted by atomic mass is 10.1. The van der Waals surface area contributed by atoms with Crippen LogP contribution >= 0.6 is 11.6 Å². The summed E-state index contributed by atoms with van der Waals surface area (Å²) in [6, 6.07) is 3.73. The Kier molecular flexibility index (Phi) is 4.26. The number of nitrogens with one attached hydrogen (secondary N) is 1. The maximum atomic E-state index is 12.9. The summed E-state index contributed by atoms with van der Waals surface area (Å²) in [7, 11) is 0. The van der Waals surface area contributed by atoms with Crippen LogP contribution in [0.5, 0.6) is 0 Å². The van der Waals surface area contributed by atoms with Gasteiger partial charge in [0.15, 0.2) is 0 Å². The molecule has 1 aromatic carbocycles. The van der Waals surface area contributed by atoms with E-state index >= 15 is 0 Å². The molecule has 1 fully saturated rings. The second-order valence-electron chi connectivity index (χ2n) is 4.71. The summed E-state index contributed by atoms with van der Waals surface area (Å²) < 4.78 is 44.1. The van der Waals surface area contributed by atoms with E-state index in [1.165, 1.54) is 12.1 Å². The quantitative estimate of drug-likeness (QED) is 0.895. The van der Waals surface area contributed by atoms with Gasteiger partial charge < -0.3 is 10.1 Å². The van der Waals surface area contributed by atoms with Gasteiger partial charge in [-0.3, -0.25) is 0 Å². The maximum Gasteiger partial charge on any atom is 0.418 e. The summed E-state index contributed by atoms with van der Waals surface area (Å²) in [5.74, 6) is 0. The molecule has 19 heavy (non-hydrogen) atoms. The number of rotatable bonds is 3. The highest BCUT2D eigenvalue weighted by molar-refractivity contribution is 6.30. The van der Waals surface area contributed by atoms with E-state index in [9.17, 15) is 13.2 Å². The van der Waals surface area contributed by atoms with Gasteiger partial charge in [0.1, 0.15) is 0 Å². The molecule has 0 bridgehead atoms. The van der Waals surface area contributed by atoms with Gasteiger partial charge in [-0.05, 0) is 38.0 Å². The first-order valence-electron chi connectivity index (χ1n) is 6.12. The van der Waals surface area contributed by atoms with E-state index in [4.69, 9.17) is 16.3 Å². The molecular formula is C13H15ClF3NO. The van der Waals surface area contributed by atoms with E-state index in [1.807, 2.05) is 6.92 Å². The minimum atomic E-state index is -4.42. The third-order valence-electron chi connectivity index (χ3n) is 3.13. The van der Waals surface area contributed by atoms with Crippen molar-refractivity contribution >= 4 is 17.3 Å². The zero-order chi connectivity index (χ0) is 14.0. The Morgan fingerprint density at radius 3 is 2.68 bits per heavy atom. The average molecular weight is 294 g/mol. The molecule has 0 aromatic heterocycles. The standard InChI is InChI=1S/C13H15ClF3NO/c1-8-2-4-10(19-8)7-18-12-5-3-9(14)6-11(12)13(15,16)17/h3,5-6,8,10,18H,2,4,7H2,1H3. The third-order valence-corrected chi connectivity index (χ3v) is 3.36. The number of halogens is 4. The van der Waals surface area contributed by atoms with Crippen LogP contribution in [0.4, 0.5) is 18.9 Å². The Balaban J connectivity index is 2.07. The van der Waals surface area contributed by atoms with Crippen LogP contribution in [0, 0.1) is 0 Å². The van der Waals surface area contributed by atoms with Crippen LogP contribution in [0.25, 0.3) is 0 Å². The van der Waals surface area contributed by atoms with Crippen LogP contribution < -0.4 is 5.32 Å². The lowest BCUT2D eigenvalue weighted by molar-refractivity contribution is -0.137. The topological polar surface area (TPSA) is 21.3 Å². The van der Waals surface area contributed by atoms with E-state index in [0.29, 0.717) is 6.54 Å². The summed E-state index contributed by atoms with van der Waals surface area (Å²) in [4.78, 5) is 0. The molecule has 0 aliphatic carbocycles. The molecule has 1 aromatic rings. The highest BCUT2D eigenvalue weighted by Crippen LogP contribution is 2.36. The summed E-state index contributed by atoms with van der Waals surface area (Å²) in [6.45, 7) is 2.33. The summed E-state index contributed by atoms with van der Waals surface area (Å²) in [5.41, 5.74) is -0.703. The van der Waals surface area contributed by atoms with Crippen LogP contribution in [-0.4, -0.2) is 18.8 Å². The summed E-state index contributed by atoms with van der Waals surface area (Å²) in [5, 5.41) is 2.88. The zero-order valence-corrected chi connectivity index (χ0v) is 11.2. The second-order valence-corrected chi connectivity index (χ2v) is 5.15. The van der Waals surface area contributed by atoms with E-state index in [1.54, 1.807) is 0 Å². The van der Waals surface area contributed by atoms with Crippen LogP contribution in [0.1, 0.15) is 25.3 Å². The molecule has 0 saturated carbocycles. The predicted octanol–water partition coefficient (Wildman–Crippen LogP) is 4.34. The Morgan fingerprint density at radius 2 is 2.11 bits per heavy atom. The third kappa shape index (κ3) is 3.76. The Hall–Kier alpha value is -0.940. The van der Waals surface area contributed by atoms with Crippen molar-refractivity contribution in [2.24, 2.45) is 0 Å². The minimum absolute atomic E-state index is 0.0354. The minimum Gasteiger partial charge on any atom is -0.382 e. The van der Waals surface area contributed by atoms with Crippen molar-refractivity contribution in [2.45, 2.75) is 38.1 Å². The van der Waals surface area contributed by atoms with Gasteiger partial charge in [-0.15, -0.1) is 0 Å². The molecule has 2 atom stereocenters. The van der Waals surface area contributed by atoms with Crippen LogP contribution in [-0.2, 0) is 10.9 Å². The molecule has 2 rings (SSSR count). The molecule has 2 unspecified atom stereocenters. The lowest BCUT2D eigenvalue weighted by Crippen LogP contribution is -2.21. The van der Waals surface area contributed by atoms with Crippen molar-refractivity contribution in [1.82, 2.24) is 0 Å². The Labute approximate surface area is 114 Å². The van der Waals surface area contributed by atoms with Gasteiger partial charge in [0.25, 0.3) is 0 Å². The van der Waals surface area contributed by atoms with E-state index < -0.39 is 11.7 Å². The molecule has 0 radical (unpaired) electrons. The van der Waals surface area contributed by atoms with Gasteiger partial charge in [0.2, 0.25) is 0 Å². The normalized spacial score (nSPS) is 23.6. The van der Waals surface area contributed by atoms with Crippen molar-refractivity contribution < 1.29 is 17.9 Å². The lowest BCUT2D eigenvalue weighted by Gasteiger charge is -2.17. The van der Waals surface area contributed by atoms with Crippen LogP contribution in [0.15, 0.2) is 18.2 Å². The molecule has 6 heteroatoms. The van der Waals surface area contributed by atoms with E-state index in [2.05, 4.69) is 5.32 Å².